The highest BCUT2D eigenvalue weighted by atomic mass is 19.1. The van der Waals surface area contributed by atoms with E-state index < -0.39 is 11.7 Å². The van der Waals surface area contributed by atoms with Gasteiger partial charge in [-0.25, -0.2) is 4.39 Å². The summed E-state index contributed by atoms with van der Waals surface area (Å²) in [6.07, 6.45) is 2.05. The van der Waals surface area contributed by atoms with Gasteiger partial charge in [0.25, 0.3) is 5.91 Å². The number of benzene rings is 2. The van der Waals surface area contributed by atoms with Crippen LogP contribution in [0, 0.1) is 5.82 Å². The van der Waals surface area contributed by atoms with Crippen molar-refractivity contribution in [3.63, 3.8) is 0 Å². The number of ether oxygens (including phenoxy) is 1. The maximum Gasteiger partial charge on any atom is 0.253 e. The average Bonchev–Trinajstić information content (AvgIpc) is 3.27. The van der Waals surface area contributed by atoms with Crippen LogP contribution in [0.5, 0.6) is 5.75 Å². The number of nitrogens with zero attached hydrogens (tertiary/aromatic N) is 2. The van der Waals surface area contributed by atoms with Crippen molar-refractivity contribution in [3.05, 3.63) is 59.5 Å². The molecular weight excluding hydrogens is 465 g/mol. The molecule has 11 heteroatoms. The van der Waals surface area contributed by atoms with Crippen molar-refractivity contribution in [1.29, 1.82) is 0 Å². The normalized spacial score (nSPS) is 14.2. The zero-order valence-electron chi connectivity index (χ0n) is 19.8. The van der Waals surface area contributed by atoms with Crippen LogP contribution in [0.3, 0.4) is 0 Å². The third-order valence-electron chi connectivity index (χ3n) is 6.12. The van der Waals surface area contributed by atoms with Crippen LogP contribution >= 0.6 is 0 Å². The van der Waals surface area contributed by atoms with Crippen molar-refractivity contribution < 1.29 is 18.7 Å². The number of carbonyl (C=O) groups is 2. The van der Waals surface area contributed by atoms with Crippen molar-refractivity contribution in [1.82, 2.24) is 15.0 Å². The maximum absolute atomic E-state index is 14.3. The molecule has 36 heavy (non-hydrogen) atoms. The number of methoxy groups -OCH3 is 1. The second-order valence-corrected chi connectivity index (χ2v) is 9.12. The first-order chi connectivity index (χ1) is 17.2. The van der Waals surface area contributed by atoms with Crippen LogP contribution in [0.4, 0.5) is 33.2 Å². The van der Waals surface area contributed by atoms with Gasteiger partial charge < -0.3 is 31.4 Å². The van der Waals surface area contributed by atoms with E-state index in [4.69, 9.17) is 10.5 Å². The Hall–Kier alpha value is -4.67. The van der Waals surface area contributed by atoms with Gasteiger partial charge in [-0.05, 0) is 35.9 Å². The van der Waals surface area contributed by atoms with Crippen LogP contribution in [0.2, 0.25) is 0 Å². The van der Waals surface area contributed by atoms with E-state index in [1.54, 1.807) is 25.4 Å². The Balaban J connectivity index is 1.56. The van der Waals surface area contributed by atoms with Gasteiger partial charge in [-0.1, -0.05) is 19.9 Å². The summed E-state index contributed by atoms with van der Waals surface area (Å²) in [6.45, 7) is 4.01. The minimum absolute atomic E-state index is 0.0699. The summed E-state index contributed by atoms with van der Waals surface area (Å²) < 4.78 is 19.9. The zero-order chi connectivity index (χ0) is 25.6. The molecule has 5 rings (SSSR count). The molecule has 0 saturated heterocycles. The van der Waals surface area contributed by atoms with Gasteiger partial charge in [-0.3, -0.25) is 9.59 Å². The number of primary amides is 1. The molecular formula is C25H24FN7O3. The number of anilines is 5. The lowest BCUT2D eigenvalue weighted by molar-refractivity contribution is -0.117. The minimum Gasteiger partial charge on any atom is -0.495 e. The number of halogens is 1. The van der Waals surface area contributed by atoms with E-state index in [2.05, 4.69) is 30.9 Å². The van der Waals surface area contributed by atoms with Crippen molar-refractivity contribution in [2.75, 3.05) is 23.1 Å². The van der Waals surface area contributed by atoms with Crippen LogP contribution in [0.15, 0.2) is 42.6 Å². The molecule has 3 heterocycles. The number of aromatic nitrogens is 3. The van der Waals surface area contributed by atoms with E-state index in [1.165, 1.54) is 12.1 Å². The first-order valence-electron chi connectivity index (χ1n) is 11.2. The summed E-state index contributed by atoms with van der Waals surface area (Å²) in [5, 5.41) is 9.68. The van der Waals surface area contributed by atoms with E-state index in [0.717, 1.165) is 11.6 Å². The highest BCUT2D eigenvalue weighted by Crippen LogP contribution is 2.43. The molecule has 184 valence electrons. The predicted octanol–water partition coefficient (Wildman–Crippen LogP) is 4.31. The van der Waals surface area contributed by atoms with E-state index in [9.17, 15) is 14.0 Å². The number of hydrogen-bond donors (Lipinski definition) is 5. The van der Waals surface area contributed by atoms with Gasteiger partial charge in [0.15, 0.2) is 0 Å². The van der Waals surface area contributed by atoms with Crippen LogP contribution in [-0.2, 0) is 10.2 Å². The Kier molecular flexibility index (Phi) is 5.47. The maximum atomic E-state index is 14.3. The van der Waals surface area contributed by atoms with Gasteiger partial charge in [-0.2, -0.15) is 9.97 Å². The number of carbonyl (C=O) groups excluding carboxylic acids is 2. The molecule has 0 aliphatic carbocycles. The third-order valence-corrected chi connectivity index (χ3v) is 6.12. The highest BCUT2D eigenvalue weighted by Gasteiger charge is 2.33. The van der Waals surface area contributed by atoms with E-state index in [1.807, 2.05) is 19.9 Å². The third kappa shape index (κ3) is 4.04. The fourth-order valence-electron chi connectivity index (χ4n) is 4.42. The summed E-state index contributed by atoms with van der Waals surface area (Å²) >= 11 is 0. The summed E-state index contributed by atoms with van der Waals surface area (Å²) in [7, 11) is 1.55. The standard InChI is InChI=1S/C25H24FN7O3/c1-25(2)11-19(34)29-16-10-17(18(36-3)9-13(16)25)31-24-32-22-12(7-8-28-22)23(33-24)30-15-6-4-5-14(26)20(15)21(27)35/h4-10H,11H2,1-3H3,(H2,27,35)(H,29,34)(H3,28,30,31,32,33). The molecule has 10 nitrogen and oxygen atoms in total. The van der Waals surface area contributed by atoms with Crippen molar-refractivity contribution in [2.45, 2.75) is 25.7 Å². The van der Waals surface area contributed by atoms with Crippen molar-refractivity contribution >= 4 is 51.7 Å². The van der Waals surface area contributed by atoms with Gasteiger partial charge in [0.05, 0.1) is 29.4 Å². The molecule has 0 atom stereocenters. The minimum atomic E-state index is -0.905. The Bertz CT molecular complexity index is 1530. The number of fused-ring (bicyclic) bond motifs is 2. The van der Waals surface area contributed by atoms with Gasteiger partial charge in [0, 0.05) is 23.7 Å². The lowest BCUT2D eigenvalue weighted by Gasteiger charge is -2.33. The molecule has 2 aromatic heterocycles. The largest absolute Gasteiger partial charge is 0.495 e. The first-order valence-corrected chi connectivity index (χ1v) is 11.2. The topological polar surface area (TPSA) is 147 Å². The molecule has 0 spiro atoms. The monoisotopic (exact) mass is 489 g/mol. The molecule has 6 N–H and O–H groups in total. The number of rotatable bonds is 6. The fourth-order valence-corrected chi connectivity index (χ4v) is 4.42. The Morgan fingerprint density at radius 1 is 1.17 bits per heavy atom. The second-order valence-electron chi connectivity index (χ2n) is 9.12. The molecule has 4 aromatic rings. The van der Waals surface area contributed by atoms with Gasteiger partial charge >= 0.3 is 0 Å². The number of amides is 2. The number of nitrogens with two attached hydrogens (primary N) is 1. The van der Waals surface area contributed by atoms with Crippen LogP contribution in [0.1, 0.15) is 36.2 Å². The Labute approximate surface area is 205 Å². The SMILES string of the molecule is COc1cc2c(cc1Nc1nc(Nc3cccc(F)c3C(N)=O)c3cc[nH]c3n1)NC(=O)CC2(C)C. The molecule has 0 saturated carbocycles. The van der Waals surface area contributed by atoms with Crippen molar-refractivity contribution in [2.24, 2.45) is 5.73 Å². The van der Waals surface area contributed by atoms with Crippen molar-refractivity contribution in [3.8, 4) is 5.75 Å². The zero-order valence-corrected chi connectivity index (χ0v) is 19.8. The van der Waals surface area contributed by atoms with E-state index in [-0.39, 0.29) is 28.5 Å². The molecule has 0 bridgehead atoms. The molecule has 0 fully saturated rings. The first kappa shape index (κ1) is 23.1. The number of hydrogen-bond acceptors (Lipinski definition) is 7. The van der Waals surface area contributed by atoms with E-state index >= 15 is 0 Å². The summed E-state index contributed by atoms with van der Waals surface area (Å²) in [4.78, 5) is 36.2. The summed E-state index contributed by atoms with van der Waals surface area (Å²) in [6, 6.07) is 9.57. The fraction of sp³-hybridized carbons (Fsp3) is 0.200. The number of aromatic amines is 1. The van der Waals surface area contributed by atoms with Gasteiger partial charge in [0.2, 0.25) is 11.9 Å². The second kappa shape index (κ2) is 8.52. The number of H-pyrrole nitrogens is 1. The molecule has 0 unspecified atom stereocenters. The lowest BCUT2D eigenvalue weighted by Crippen LogP contribution is -2.32. The molecule has 1 aliphatic rings. The quantitative estimate of drug-likeness (QED) is 0.271. The van der Waals surface area contributed by atoms with Crippen LogP contribution in [0.25, 0.3) is 11.0 Å². The Morgan fingerprint density at radius 2 is 1.97 bits per heavy atom. The predicted molar refractivity (Wildman–Crippen MR) is 135 cm³/mol. The molecule has 2 amide bonds. The molecule has 2 aromatic carbocycles. The van der Waals surface area contributed by atoms with E-state index in [0.29, 0.717) is 40.4 Å². The average molecular weight is 490 g/mol. The van der Waals surface area contributed by atoms with Gasteiger partial charge in [0.1, 0.15) is 23.0 Å². The number of nitrogens with one attached hydrogen (secondary N) is 4. The molecule has 0 radical (unpaired) electrons. The summed E-state index contributed by atoms with van der Waals surface area (Å²) in [5.74, 6) is -0.651. The lowest BCUT2D eigenvalue weighted by atomic mass is 9.78. The summed E-state index contributed by atoms with van der Waals surface area (Å²) in [5.41, 5.74) is 7.60. The van der Waals surface area contributed by atoms with Crippen LogP contribution < -0.4 is 26.4 Å². The van der Waals surface area contributed by atoms with Crippen LogP contribution in [-0.4, -0.2) is 33.9 Å². The molecule has 1 aliphatic heterocycles. The Morgan fingerprint density at radius 3 is 2.72 bits per heavy atom. The van der Waals surface area contributed by atoms with Gasteiger partial charge in [-0.15, -0.1) is 0 Å². The highest BCUT2D eigenvalue weighted by molar-refractivity contribution is 6.01. The smallest absolute Gasteiger partial charge is 0.253 e.